The van der Waals surface area contributed by atoms with E-state index in [-0.39, 0.29) is 0 Å². The number of hydrogen-bond donors (Lipinski definition) is 1. The van der Waals surface area contributed by atoms with Crippen LogP contribution >= 0.6 is 11.3 Å². The molecule has 4 rings (SSSR count). The fourth-order valence-corrected chi connectivity index (χ4v) is 3.02. The molecule has 0 saturated carbocycles. The zero-order valence-electron chi connectivity index (χ0n) is 10.5. The number of thiophene rings is 1. The maximum Gasteiger partial charge on any atom is 0.147 e. The minimum Gasteiger partial charge on any atom is -0.459 e. The van der Waals surface area contributed by atoms with Gasteiger partial charge in [0, 0.05) is 5.39 Å². The van der Waals surface area contributed by atoms with Crippen LogP contribution < -0.4 is 5.32 Å². The molecule has 4 nitrogen and oxygen atoms in total. The first-order valence-corrected chi connectivity index (χ1v) is 7.18. The van der Waals surface area contributed by atoms with Gasteiger partial charge in [-0.3, -0.25) is 0 Å². The normalized spacial score (nSPS) is 11.2. The fourth-order valence-electron chi connectivity index (χ4n) is 2.21. The summed E-state index contributed by atoms with van der Waals surface area (Å²) in [5, 5.41) is 6.45. The minimum absolute atomic E-state index is 0.610. The first kappa shape index (κ1) is 11.4. The van der Waals surface area contributed by atoms with Crippen molar-refractivity contribution in [2.24, 2.45) is 0 Å². The lowest BCUT2D eigenvalue weighted by Gasteiger charge is -2.03. The molecule has 0 radical (unpaired) electrons. The van der Waals surface area contributed by atoms with Gasteiger partial charge >= 0.3 is 0 Å². The quantitative estimate of drug-likeness (QED) is 0.615. The average molecular weight is 281 g/mol. The van der Waals surface area contributed by atoms with Crippen LogP contribution in [-0.2, 0) is 6.54 Å². The Labute approximate surface area is 119 Å². The van der Waals surface area contributed by atoms with E-state index in [0.29, 0.717) is 6.54 Å². The molecule has 0 saturated heterocycles. The van der Waals surface area contributed by atoms with E-state index in [1.165, 1.54) is 0 Å². The molecule has 98 valence electrons. The zero-order valence-corrected chi connectivity index (χ0v) is 11.4. The van der Waals surface area contributed by atoms with Crippen LogP contribution in [0.25, 0.3) is 21.2 Å². The summed E-state index contributed by atoms with van der Waals surface area (Å²) in [6, 6.07) is 12.0. The maximum atomic E-state index is 5.78. The molecule has 20 heavy (non-hydrogen) atoms. The van der Waals surface area contributed by atoms with Crippen molar-refractivity contribution >= 4 is 38.3 Å². The lowest BCUT2D eigenvalue weighted by atomic mass is 10.2. The summed E-state index contributed by atoms with van der Waals surface area (Å²) >= 11 is 1.64. The van der Waals surface area contributed by atoms with Crippen LogP contribution in [-0.4, -0.2) is 9.97 Å². The Hall–Kier alpha value is -2.40. The predicted octanol–water partition coefficient (Wildman–Crippen LogP) is 4.05. The van der Waals surface area contributed by atoms with E-state index in [1.807, 2.05) is 35.7 Å². The van der Waals surface area contributed by atoms with E-state index in [2.05, 4.69) is 21.4 Å². The molecule has 0 fully saturated rings. The van der Waals surface area contributed by atoms with Crippen molar-refractivity contribution in [1.82, 2.24) is 9.97 Å². The summed E-state index contributed by atoms with van der Waals surface area (Å²) in [6.45, 7) is 0.610. The van der Waals surface area contributed by atoms with Crippen molar-refractivity contribution in [2.45, 2.75) is 6.54 Å². The number of rotatable bonds is 3. The van der Waals surface area contributed by atoms with Crippen LogP contribution in [0.3, 0.4) is 0 Å². The summed E-state index contributed by atoms with van der Waals surface area (Å²) in [6.07, 6.45) is 1.58. The van der Waals surface area contributed by atoms with Gasteiger partial charge < -0.3 is 9.73 Å². The van der Waals surface area contributed by atoms with Gasteiger partial charge in [0.05, 0.1) is 16.8 Å². The largest absolute Gasteiger partial charge is 0.459 e. The zero-order chi connectivity index (χ0) is 13.4. The third-order valence-corrected chi connectivity index (χ3v) is 4.06. The van der Waals surface area contributed by atoms with E-state index in [0.717, 1.165) is 32.8 Å². The molecule has 0 aliphatic rings. The first-order valence-electron chi connectivity index (χ1n) is 6.30. The molecule has 0 bridgehead atoms. The molecular formula is C15H11N3OS. The van der Waals surface area contributed by atoms with Crippen LogP contribution in [0.2, 0.25) is 0 Å². The van der Waals surface area contributed by atoms with Crippen molar-refractivity contribution in [3.8, 4) is 0 Å². The van der Waals surface area contributed by atoms with Crippen LogP contribution in [0.5, 0.6) is 0 Å². The topological polar surface area (TPSA) is 51.0 Å². The number of fused-ring (bicyclic) bond motifs is 2. The van der Waals surface area contributed by atoms with Gasteiger partial charge in [-0.05, 0) is 23.6 Å². The Bertz CT molecular complexity index is 848. The fraction of sp³-hybridized carbons (Fsp3) is 0.0667. The van der Waals surface area contributed by atoms with E-state index < -0.39 is 0 Å². The molecule has 0 unspecified atom stereocenters. The summed E-state index contributed by atoms with van der Waals surface area (Å²) in [5.41, 5.74) is 1.88. The van der Waals surface area contributed by atoms with E-state index in [1.54, 1.807) is 17.7 Å². The van der Waals surface area contributed by atoms with Gasteiger partial charge in [0.15, 0.2) is 0 Å². The molecule has 1 aromatic carbocycles. The van der Waals surface area contributed by atoms with Gasteiger partial charge in [-0.2, -0.15) is 0 Å². The maximum absolute atomic E-state index is 5.78. The van der Waals surface area contributed by atoms with Crippen molar-refractivity contribution in [3.63, 3.8) is 0 Å². The second-order valence-corrected chi connectivity index (χ2v) is 5.38. The monoisotopic (exact) mass is 281 g/mol. The van der Waals surface area contributed by atoms with Gasteiger partial charge in [0.25, 0.3) is 0 Å². The molecule has 0 atom stereocenters. The molecular weight excluding hydrogens is 270 g/mol. The smallest absolute Gasteiger partial charge is 0.147 e. The van der Waals surface area contributed by atoms with Gasteiger partial charge in [-0.25, -0.2) is 9.97 Å². The molecule has 0 aliphatic heterocycles. The first-order chi connectivity index (χ1) is 9.90. The predicted molar refractivity (Wildman–Crippen MR) is 81.0 cm³/mol. The number of aromatic nitrogens is 2. The highest BCUT2D eigenvalue weighted by atomic mass is 32.1. The van der Waals surface area contributed by atoms with Crippen molar-refractivity contribution in [1.29, 1.82) is 0 Å². The molecule has 0 aliphatic carbocycles. The third kappa shape index (κ3) is 1.92. The Morgan fingerprint density at radius 3 is 3.05 bits per heavy atom. The minimum atomic E-state index is 0.610. The molecule has 1 N–H and O–H groups in total. The second kappa shape index (κ2) is 4.61. The van der Waals surface area contributed by atoms with Crippen molar-refractivity contribution in [3.05, 3.63) is 53.9 Å². The lowest BCUT2D eigenvalue weighted by molar-refractivity contribution is 0.559. The van der Waals surface area contributed by atoms with Gasteiger partial charge in [-0.15, -0.1) is 11.3 Å². The molecule has 3 heterocycles. The lowest BCUT2D eigenvalue weighted by Crippen LogP contribution is -2.00. The number of hydrogen-bond acceptors (Lipinski definition) is 5. The number of para-hydroxylation sites is 1. The summed E-state index contributed by atoms with van der Waals surface area (Å²) in [5.74, 6) is 1.75. The summed E-state index contributed by atoms with van der Waals surface area (Å²) < 4.78 is 6.85. The highest BCUT2D eigenvalue weighted by molar-refractivity contribution is 7.17. The van der Waals surface area contributed by atoms with Crippen molar-refractivity contribution in [2.75, 3.05) is 5.32 Å². The highest BCUT2D eigenvalue weighted by Gasteiger charge is 2.07. The van der Waals surface area contributed by atoms with E-state index in [4.69, 9.17) is 4.42 Å². The van der Waals surface area contributed by atoms with Crippen LogP contribution in [0.1, 0.15) is 5.76 Å². The highest BCUT2D eigenvalue weighted by Crippen LogP contribution is 2.26. The number of anilines is 1. The van der Waals surface area contributed by atoms with Crippen LogP contribution in [0.15, 0.2) is 52.5 Å². The molecule has 0 amide bonds. The molecule has 3 aromatic heterocycles. The van der Waals surface area contributed by atoms with Gasteiger partial charge in [-0.1, -0.05) is 18.2 Å². The van der Waals surface area contributed by atoms with Gasteiger partial charge in [0.1, 0.15) is 23.5 Å². The van der Waals surface area contributed by atoms with E-state index in [9.17, 15) is 0 Å². The molecule has 4 aromatic rings. The Kier molecular flexibility index (Phi) is 2.63. The summed E-state index contributed by atoms with van der Waals surface area (Å²) in [4.78, 5) is 8.52. The SMILES string of the molecule is c1ccc2oc(CNc3ncnc4ccsc34)cc2c1. The van der Waals surface area contributed by atoms with Crippen LogP contribution in [0.4, 0.5) is 5.82 Å². The number of benzene rings is 1. The summed E-state index contributed by atoms with van der Waals surface area (Å²) in [7, 11) is 0. The Morgan fingerprint density at radius 2 is 2.10 bits per heavy atom. The number of nitrogens with one attached hydrogen (secondary N) is 1. The average Bonchev–Trinajstić information content (AvgIpc) is 3.11. The Balaban J connectivity index is 1.62. The van der Waals surface area contributed by atoms with E-state index >= 15 is 0 Å². The second-order valence-electron chi connectivity index (χ2n) is 4.46. The number of nitrogens with zero attached hydrogens (tertiary/aromatic N) is 2. The van der Waals surface area contributed by atoms with Gasteiger partial charge in [0.2, 0.25) is 0 Å². The van der Waals surface area contributed by atoms with Crippen molar-refractivity contribution < 1.29 is 4.42 Å². The standard InChI is InChI=1S/C15H11N3OS/c1-2-4-13-10(3-1)7-11(19-13)8-16-15-14-12(5-6-20-14)17-9-18-15/h1-7,9H,8H2,(H,16,17,18). The molecule has 5 heteroatoms. The number of furan rings is 1. The van der Waals surface area contributed by atoms with Crippen LogP contribution in [0, 0.1) is 0 Å². The molecule has 0 spiro atoms. The third-order valence-electron chi connectivity index (χ3n) is 3.15. The Morgan fingerprint density at radius 1 is 1.15 bits per heavy atom.